The van der Waals surface area contributed by atoms with E-state index in [0.717, 1.165) is 27.9 Å². The van der Waals surface area contributed by atoms with E-state index in [9.17, 15) is 0 Å². The maximum absolute atomic E-state index is 4.42. The Labute approximate surface area is 123 Å². The molecule has 1 radical (unpaired) electrons. The number of rotatable bonds is 1. The maximum atomic E-state index is 4.42. The standard InChI is InChI=1S/C19H13N2/c1-3-9-16-14(6-1)8-5-10-17(16)19-13-20-12-15-7-2-4-11-18(15)21-19/h1-5,7-13,21H. The molecule has 21 heavy (non-hydrogen) atoms. The molecule has 0 atom stereocenters. The summed E-state index contributed by atoms with van der Waals surface area (Å²) >= 11 is 0. The number of aliphatic imine (C=N–C) groups is 1. The Morgan fingerprint density at radius 2 is 1.86 bits per heavy atom. The molecule has 4 rings (SSSR count). The van der Waals surface area contributed by atoms with Crippen LogP contribution >= 0.6 is 0 Å². The number of hydrogen-bond acceptors (Lipinski definition) is 2. The highest BCUT2D eigenvalue weighted by molar-refractivity contribution is 5.99. The van der Waals surface area contributed by atoms with Crippen molar-refractivity contribution >= 4 is 28.4 Å². The van der Waals surface area contributed by atoms with Crippen LogP contribution in [0.5, 0.6) is 0 Å². The van der Waals surface area contributed by atoms with E-state index in [-0.39, 0.29) is 0 Å². The minimum Gasteiger partial charge on any atom is -0.353 e. The van der Waals surface area contributed by atoms with E-state index in [2.05, 4.69) is 52.8 Å². The predicted octanol–water partition coefficient (Wildman–Crippen LogP) is 4.48. The van der Waals surface area contributed by atoms with E-state index in [4.69, 9.17) is 0 Å². The molecule has 3 aromatic carbocycles. The molecule has 1 aliphatic rings. The SMILES string of the molecule is [c]1cccc2c(C3=CN=Cc4ccccc4N3)cccc12. The average molecular weight is 269 g/mol. The van der Waals surface area contributed by atoms with Crippen molar-refractivity contribution in [1.29, 1.82) is 0 Å². The van der Waals surface area contributed by atoms with Crippen LogP contribution < -0.4 is 5.32 Å². The van der Waals surface area contributed by atoms with E-state index in [1.807, 2.05) is 36.7 Å². The third-order valence-corrected chi connectivity index (χ3v) is 3.64. The molecule has 1 aliphatic heterocycles. The van der Waals surface area contributed by atoms with Crippen LogP contribution in [-0.4, -0.2) is 6.21 Å². The van der Waals surface area contributed by atoms with Crippen molar-refractivity contribution < 1.29 is 0 Å². The van der Waals surface area contributed by atoms with Crippen molar-refractivity contribution in [1.82, 2.24) is 0 Å². The third-order valence-electron chi connectivity index (χ3n) is 3.64. The summed E-state index contributed by atoms with van der Waals surface area (Å²) in [5, 5.41) is 5.77. The van der Waals surface area contributed by atoms with Gasteiger partial charge in [-0.15, -0.1) is 0 Å². The van der Waals surface area contributed by atoms with Gasteiger partial charge in [-0.1, -0.05) is 54.6 Å². The molecule has 1 heterocycles. The van der Waals surface area contributed by atoms with Gasteiger partial charge in [-0.25, -0.2) is 0 Å². The van der Waals surface area contributed by atoms with E-state index >= 15 is 0 Å². The number of nitrogens with zero attached hydrogens (tertiary/aromatic N) is 1. The topological polar surface area (TPSA) is 24.4 Å². The van der Waals surface area contributed by atoms with E-state index in [0.29, 0.717) is 0 Å². The van der Waals surface area contributed by atoms with Crippen molar-refractivity contribution in [2.24, 2.45) is 4.99 Å². The molecule has 0 amide bonds. The van der Waals surface area contributed by atoms with Crippen LogP contribution in [0.2, 0.25) is 0 Å². The Kier molecular flexibility index (Phi) is 2.79. The zero-order valence-electron chi connectivity index (χ0n) is 11.4. The molecule has 2 heteroatoms. The van der Waals surface area contributed by atoms with Gasteiger partial charge in [0.1, 0.15) is 0 Å². The van der Waals surface area contributed by atoms with Crippen molar-refractivity contribution in [2.45, 2.75) is 0 Å². The number of fused-ring (bicyclic) bond motifs is 2. The fourth-order valence-corrected chi connectivity index (χ4v) is 2.62. The zero-order valence-corrected chi connectivity index (χ0v) is 11.4. The van der Waals surface area contributed by atoms with Crippen molar-refractivity contribution in [2.75, 3.05) is 5.32 Å². The molecule has 0 saturated carbocycles. The first-order chi connectivity index (χ1) is 10.4. The molecule has 0 bridgehead atoms. The van der Waals surface area contributed by atoms with Crippen LogP contribution in [-0.2, 0) is 0 Å². The quantitative estimate of drug-likeness (QED) is 0.692. The van der Waals surface area contributed by atoms with Gasteiger partial charge in [-0.3, -0.25) is 4.99 Å². The number of benzene rings is 3. The molecule has 0 saturated heterocycles. The first-order valence-electron chi connectivity index (χ1n) is 6.91. The number of nitrogens with one attached hydrogen (secondary N) is 1. The number of anilines is 1. The average Bonchev–Trinajstić information content (AvgIpc) is 2.76. The van der Waals surface area contributed by atoms with Crippen LogP contribution in [0, 0.1) is 6.07 Å². The fourth-order valence-electron chi connectivity index (χ4n) is 2.62. The van der Waals surface area contributed by atoms with Gasteiger partial charge >= 0.3 is 0 Å². The summed E-state index contributed by atoms with van der Waals surface area (Å²) in [6, 6.07) is 23.7. The summed E-state index contributed by atoms with van der Waals surface area (Å²) in [4.78, 5) is 4.42. The molecular formula is C19H13N2. The second kappa shape index (κ2) is 4.91. The Hall–Kier alpha value is -2.87. The lowest BCUT2D eigenvalue weighted by Gasteiger charge is -2.13. The van der Waals surface area contributed by atoms with Gasteiger partial charge in [0.25, 0.3) is 0 Å². The Bertz CT molecular complexity index is 870. The summed E-state index contributed by atoms with van der Waals surface area (Å²) < 4.78 is 0. The Balaban J connectivity index is 1.87. The second-order valence-corrected chi connectivity index (χ2v) is 4.97. The van der Waals surface area contributed by atoms with Gasteiger partial charge in [0.05, 0.1) is 11.9 Å². The molecule has 3 aromatic rings. The molecule has 2 nitrogen and oxygen atoms in total. The predicted molar refractivity (Wildman–Crippen MR) is 88.4 cm³/mol. The largest absolute Gasteiger partial charge is 0.353 e. The van der Waals surface area contributed by atoms with Gasteiger partial charge in [0.2, 0.25) is 0 Å². The molecule has 99 valence electrons. The molecule has 0 fully saturated rings. The highest BCUT2D eigenvalue weighted by Gasteiger charge is 2.10. The van der Waals surface area contributed by atoms with Crippen LogP contribution in [0.15, 0.2) is 71.9 Å². The molecule has 0 aromatic heterocycles. The molecule has 1 N–H and O–H groups in total. The lowest BCUT2D eigenvalue weighted by Crippen LogP contribution is -2.00. The van der Waals surface area contributed by atoms with Crippen molar-refractivity contribution in [3.8, 4) is 0 Å². The van der Waals surface area contributed by atoms with Crippen LogP contribution in [0.4, 0.5) is 5.69 Å². The van der Waals surface area contributed by atoms with Crippen LogP contribution in [0.25, 0.3) is 16.5 Å². The van der Waals surface area contributed by atoms with Gasteiger partial charge < -0.3 is 5.32 Å². The lowest BCUT2D eigenvalue weighted by molar-refractivity contribution is 1.53. The Morgan fingerprint density at radius 3 is 2.86 bits per heavy atom. The fraction of sp³-hybridized carbons (Fsp3) is 0. The smallest absolute Gasteiger partial charge is 0.0650 e. The lowest BCUT2D eigenvalue weighted by atomic mass is 10.0. The zero-order chi connectivity index (χ0) is 14.1. The summed E-state index contributed by atoms with van der Waals surface area (Å²) in [5.74, 6) is 0. The molecular weight excluding hydrogens is 256 g/mol. The summed E-state index contributed by atoms with van der Waals surface area (Å²) in [5.41, 5.74) is 4.30. The monoisotopic (exact) mass is 269 g/mol. The van der Waals surface area contributed by atoms with Crippen molar-refractivity contribution in [3.05, 3.63) is 84.1 Å². The van der Waals surface area contributed by atoms with Crippen LogP contribution in [0.1, 0.15) is 11.1 Å². The summed E-state index contributed by atoms with van der Waals surface area (Å²) in [7, 11) is 0. The second-order valence-electron chi connectivity index (χ2n) is 4.97. The van der Waals surface area contributed by atoms with Crippen LogP contribution in [0.3, 0.4) is 0 Å². The normalized spacial score (nSPS) is 13.2. The van der Waals surface area contributed by atoms with E-state index in [1.54, 1.807) is 0 Å². The van der Waals surface area contributed by atoms with Gasteiger partial charge in [0.15, 0.2) is 0 Å². The van der Waals surface area contributed by atoms with E-state index in [1.165, 1.54) is 5.39 Å². The number of hydrogen-bond donors (Lipinski definition) is 1. The number of para-hydroxylation sites is 1. The molecule has 0 spiro atoms. The minimum absolute atomic E-state index is 1.00. The minimum atomic E-state index is 1.00. The highest BCUT2D eigenvalue weighted by Crippen LogP contribution is 2.28. The van der Waals surface area contributed by atoms with Gasteiger partial charge in [0, 0.05) is 23.0 Å². The first-order valence-corrected chi connectivity index (χ1v) is 6.91. The molecule has 0 aliphatic carbocycles. The highest BCUT2D eigenvalue weighted by atomic mass is 14.9. The van der Waals surface area contributed by atoms with Gasteiger partial charge in [-0.2, -0.15) is 0 Å². The summed E-state index contributed by atoms with van der Waals surface area (Å²) in [6.07, 6.45) is 3.76. The van der Waals surface area contributed by atoms with E-state index < -0.39 is 0 Å². The Morgan fingerprint density at radius 1 is 0.905 bits per heavy atom. The summed E-state index contributed by atoms with van der Waals surface area (Å²) in [6.45, 7) is 0. The first kappa shape index (κ1) is 11.9. The molecule has 0 unspecified atom stereocenters. The van der Waals surface area contributed by atoms with Gasteiger partial charge in [-0.05, 0) is 22.9 Å². The maximum Gasteiger partial charge on any atom is 0.0650 e. The third kappa shape index (κ3) is 2.11. The van der Waals surface area contributed by atoms with Crippen molar-refractivity contribution in [3.63, 3.8) is 0 Å².